The number of nitrogens with zero attached hydrogens (tertiary/aromatic N) is 3. The molecule has 0 fully saturated rings. The summed E-state index contributed by atoms with van der Waals surface area (Å²) in [5.74, 6) is -0.951. The highest BCUT2D eigenvalue weighted by Gasteiger charge is 2.19. The number of amides is 3. The van der Waals surface area contributed by atoms with E-state index in [9.17, 15) is 14.4 Å². The SMILES string of the molecule is CCN(CC(=O)Nc1c(Cl)cccc1Cl)C(=O)c1cccc(NC(=O)CCn2ccnc2)c1. The number of carbonyl (C=O) groups is 3. The number of aryl methyl sites for hydroxylation is 1. The van der Waals surface area contributed by atoms with E-state index in [0.29, 0.717) is 40.1 Å². The summed E-state index contributed by atoms with van der Waals surface area (Å²) in [5, 5.41) is 6.06. The topological polar surface area (TPSA) is 96.3 Å². The van der Waals surface area contributed by atoms with Crippen LogP contribution < -0.4 is 10.6 Å². The average Bonchev–Trinajstić information content (AvgIpc) is 3.32. The lowest BCUT2D eigenvalue weighted by Gasteiger charge is -2.21. The van der Waals surface area contributed by atoms with Gasteiger partial charge in [-0.05, 0) is 37.3 Å². The van der Waals surface area contributed by atoms with Crippen LogP contribution in [0.25, 0.3) is 0 Å². The van der Waals surface area contributed by atoms with Gasteiger partial charge >= 0.3 is 0 Å². The number of halogens is 2. The molecule has 3 rings (SSSR count). The van der Waals surface area contributed by atoms with Crippen molar-refractivity contribution in [2.24, 2.45) is 0 Å². The molecule has 0 unspecified atom stereocenters. The van der Waals surface area contributed by atoms with Gasteiger partial charge in [-0.3, -0.25) is 14.4 Å². The Morgan fingerprint density at radius 2 is 1.76 bits per heavy atom. The zero-order valence-corrected chi connectivity index (χ0v) is 19.4. The van der Waals surface area contributed by atoms with Crippen molar-refractivity contribution in [1.29, 1.82) is 0 Å². The number of likely N-dealkylation sites (N-methyl/N-ethyl adjacent to an activating group) is 1. The zero-order chi connectivity index (χ0) is 23.8. The summed E-state index contributed by atoms with van der Waals surface area (Å²) in [6.07, 6.45) is 5.33. The van der Waals surface area contributed by atoms with Gasteiger partial charge in [-0.15, -0.1) is 0 Å². The first kappa shape index (κ1) is 24.3. The third-order valence-electron chi connectivity index (χ3n) is 4.78. The van der Waals surface area contributed by atoms with Crippen LogP contribution in [0.15, 0.2) is 61.2 Å². The zero-order valence-electron chi connectivity index (χ0n) is 17.9. The molecule has 0 atom stereocenters. The van der Waals surface area contributed by atoms with Crippen LogP contribution in [0, 0.1) is 0 Å². The van der Waals surface area contributed by atoms with Gasteiger partial charge in [0.25, 0.3) is 5.91 Å². The highest BCUT2D eigenvalue weighted by atomic mass is 35.5. The van der Waals surface area contributed by atoms with Crippen molar-refractivity contribution < 1.29 is 14.4 Å². The second-order valence-corrected chi connectivity index (χ2v) is 7.96. The Kier molecular flexibility index (Phi) is 8.46. The van der Waals surface area contributed by atoms with Crippen molar-refractivity contribution in [3.05, 3.63) is 76.8 Å². The van der Waals surface area contributed by atoms with Gasteiger partial charge in [0.15, 0.2) is 0 Å². The molecular formula is C23H23Cl2N5O3. The number of aromatic nitrogens is 2. The molecule has 1 aromatic heterocycles. The minimum atomic E-state index is -0.427. The Balaban J connectivity index is 1.61. The monoisotopic (exact) mass is 487 g/mol. The van der Waals surface area contributed by atoms with Gasteiger partial charge in [-0.2, -0.15) is 0 Å². The molecule has 0 radical (unpaired) electrons. The van der Waals surface area contributed by atoms with Crippen molar-refractivity contribution in [2.75, 3.05) is 23.7 Å². The van der Waals surface area contributed by atoms with Crippen LogP contribution in [-0.4, -0.2) is 45.3 Å². The van der Waals surface area contributed by atoms with Gasteiger partial charge in [-0.1, -0.05) is 35.3 Å². The lowest BCUT2D eigenvalue weighted by Crippen LogP contribution is -2.38. The molecule has 1 heterocycles. The van der Waals surface area contributed by atoms with E-state index in [-0.39, 0.29) is 24.8 Å². The number of carbonyl (C=O) groups excluding carboxylic acids is 3. The molecule has 0 bridgehead atoms. The Labute approximate surface area is 201 Å². The van der Waals surface area contributed by atoms with Gasteiger partial charge in [-0.25, -0.2) is 4.98 Å². The van der Waals surface area contributed by atoms with E-state index in [4.69, 9.17) is 23.2 Å². The van der Waals surface area contributed by atoms with E-state index in [1.165, 1.54) is 4.90 Å². The first-order valence-corrected chi connectivity index (χ1v) is 11.0. The number of hydrogen-bond donors (Lipinski definition) is 2. The molecule has 172 valence electrons. The van der Waals surface area contributed by atoms with E-state index >= 15 is 0 Å². The predicted molar refractivity (Wildman–Crippen MR) is 129 cm³/mol. The van der Waals surface area contributed by atoms with Crippen LogP contribution in [0.5, 0.6) is 0 Å². The van der Waals surface area contributed by atoms with Crippen LogP contribution in [0.3, 0.4) is 0 Å². The van der Waals surface area contributed by atoms with Crippen molar-refractivity contribution in [2.45, 2.75) is 19.9 Å². The maximum atomic E-state index is 13.0. The number of benzene rings is 2. The normalized spacial score (nSPS) is 10.5. The Hall–Kier alpha value is -3.36. The van der Waals surface area contributed by atoms with Crippen LogP contribution in [0.1, 0.15) is 23.7 Å². The molecule has 10 heteroatoms. The number of imidazole rings is 1. The Morgan fingerprint density at radius 1 is 1.03 bits per heavy atom. The average molecular weight is 488 g/mol. The van der Waals surface area contributed by atoms with Gasteiger partial charge in [0.05, 0.1) is 22.1 Å². The smallest absolute Gasteiger partial charge is 0.254 e. The number of rotatable bonds is 9. The van der Waals surface area contributed by atoms with Gasteiger partial charge in [0.1, 0.15) is 6.54 Å². The maximum Gasteiger partial charge on any atom is 0.254 e. The number of hydrogen-bond acceptors (Lipinski definition) is 4. The molecule has 8 nitrogen and oxygen atoms in total. The Morgan fingerprint density at radius 3 is 2.42 bits per heavy atom. The second-order valence-electron chi connectivity index (χ2n) is 7.14. The number of para-hydroxylation sites is 1. The molecule has 2 N–H and O–H groups in total. The molecule has 0 aliphatic carbocycles. The van der Waals surface area contributed by atoms with E-state index in [2.05, 4.69) is 15.6 Å². The molecule has 0 aliphatic rings. The molecule has 0 saturated carbocycles. The minimum Gasteiger partial charge on any atom is -0.337 e. The quantitative estimate of drug-likeness (QED) is 0.469. The highest BCUT2D eigenvalue weighted by molar-refractivity contribution is 6.39. The van der Waals surface area contributed by atoms with Gasteiger partial charge in [0.2, 0.25) is 11.8 Å². The van der Waals surface area contributed by atoms with Crippen molar-refractivity contribution in [3.63, 3.8) is 0 Å². The first-order chi connectivity index (χ1) is 15.9. The van der Waals surface area contributed by atoms with Crippen LogP contribution >= 0.6 is 23.2 Å². The lowest BCUT2D eigenvalue weighted by atomic mass is 10.1. The number of anilines is 2. The predicted octanol–water partition coefficient (Wildman–Crippen LogP) is 4.32. The van der Waals surface area contributed by atoms with E-state index in [1.807, 2.05) is 0 Å². The van der Waals surface area contributed by atoms with Crippen LogP contribution in [-0.2, 0) is 16.1 Å². The fourth-order valence-corrected chi connectivity index (χ4v) is 3.57. The molecule has 33 heavy (non-hydrogen) atoms. The standard InChI is InChI=1S/C23H23Cl2N5O3/c1-2-30(14-21(32)28-22-18(24)7-4-8-19(22)25)23(33)16-5-3-6-17(13-16)27-20(31)9-11-29-12-10-26-15-29/h3-8,10,12-13,15H,2,9,11,14H2,1H3,(H,27,31)(H,28,32). The molecule has 0 spiro atoms. The van der Waals surface area contributed by atoms with E-state index in [1.54, 1.807) is 72.7 Å². The van der Waals surface area contributed by atoms with Crippen LogP contribution in [0.2, 0.25) is 10.0 Å². The summed E-state index contributed by atoms with van der Waals surface area (Å²) in [6.45, 7) is 2.40. The summed E-state index contributed by atoms with van der Waals surface area (Å²) < 4.78 is 1.81. The van der Waals surface area contributed by atoms with Crippen molar-refractivity contribution >= 4 is 52.3 Å². The third-order valence-corrected chi connectivity index (χ3v) is 5.41. The van der Waals surface area contributed by atoms with E-state index < -0.39 is 5.91 Å². The summed E-state index contributed by atoms with van der Waals surface area (Å²) in [6, 6.07) is 11.5. The maximum absolute atomic E-state index is 13.0. The third kappa shape index (κ3) is 6.81. The molecule has 0 saturated heterocycles. The summed E-state index contributed by atoms with van der Waals surface area (Å²) >= 11 is 12.2. The largest absolute Gasteiger partial charge is 0.337 e. The van der Waals surface area contributed by atoms with Gasteiger partial charge in [0, 0.05) is 43.2 Å². The summed E-state index contributed by atoms with van der Waals surface area (Å²) in [5.41, 5.74) is 1.16. The highest BCUT2D eigenvalue weighted by Crippen LogP contribution is 2.29. The number of nitrogens with one attached hydrogen (secondary N) is 2. The van der Waals surface area contributed by atoms with Crippen molar-refractivity contribution in [3.8, 4) is 0 Å². The molecule has 3 aromatic rings. The Bertz CT molecular complexity index is 1110. The van der Waals surface area contributed by atoms with Gasteiger partial charge < -0.3 is 20.1 Å². The first-order valence-electron chi connectivity index (χ1n) is 10.3. The molecule has 2 aromatic carbocycles. The fourth-order valence-electron chi connectivity index (χ4n) is 3.08. The molecule has 0 aliphatic heterocycles. The molecular weight excluding hydrogens is 465 g/mol. The summed E-state index contributed by atoms with van der Waals surface area (Å²) in [7, 11) is 0. The van der Waals surface area contributed by atoms with Crippen molar-refractivity contribution in [1.82, 2.24) is 14.5 Å². The van der Waals surface area contributed by atoms with E-state index in [0.717, 1.165) is 0 Å². The summed E-state index contributed by atoms with van der Waals surface area (Å²) in [4.78, 5) is 43.1. The minimum absolute atomic E-state index is 0.182. The van der Waals surface area contributed by atoms with Crippen LogP contribution in [0.4, 0.5) is 11.4 Å². The molecule has 3 amide bonds. The fraction of sp³-hybridized carbons (Fsp3) is 0.217. The lowest BCUT2D eigenvalue weighted by molar-refractivity contribution is -0.117. The second kappa shape index (κ2) is 11.5.